The van der Waals surface area contributed by atoms with E-state index in [4.69, 9.17) is 5.73 Å². The molecule has 1 saturated heterocycles. The smallest absolute Gasteiger partial charge is 0.267 e. The number of carbonyl (C=O) groups excluding carboxylic acids is 1. The molecule has 2 heterocycles. The van der Waals surface area contributed by atoms with Crippen LogP contribution < -0.4 is 11.1 Å². The Labute approximate surface area is 110 Å². The summed E-state index contributed by atoms with van der Waals surface area (Å²) in [6.45, 7) is 3.02. The Morgan fingerprint density at radius 1 is 1.72 bits per heavy atom. The monoisotopic (exact) mass is 270 g/mol. The SMILES string of the molecule is CNc1nc(N)c(C(=O)N2CCC(C(C)O)C2)s1. The molecule has 0 aliphatic carbocycles. The van der Waals surface area contributed by atoms with Gasteiger partial charge in [-0.15, -0.1) is 0 Å². The first-order valence-corrected chi connectivity index (χ1v) is 6.76. The van der Waals surface area contributed by atoms with Gasteiger partial charge in [0.15, 0.2) is 5.13 Å². The summed E-state index contributed by atoms with van der Waals surface area (Å²) in [6.07, 6.45) is 0.454. The molecule has 1 amide bonds. The summed E-state index contributed by atoms with van der Waals surface area (Å²) < 4.78 is 0. The number of carbonyl (C=O) groups is 1. The molecule has 7 heteroatoms. The Bertz CT molecular complexity index is 446. The van der Waals surface area contributed by atoms with Crippen molar-refractivity contribution in [3.63, 3.8) is 0 Å². The fourth-order valence-electron chi connectivity index (χ4n) is 2.10. The zero-order valence-electron chi connectivity index (χ0n) is 10.5. The summed E-state index contributed by atoms with van der Waals surface area (Å²) in [5.74, 6) is 0.344. The number of amides is 1. The maximum absolute atomic E-state index is 12.3. The van der Waals surface area contributed by atoms with Crippen LogP contribution in [0.1, 0.15) is 23.0 Å². The molecule has 6 nitrogen and oxygen atoms in total. The van der Waals surface area contributed by atoms with Gasteiger partial charge >= 0.3 is 0 Å². The second-order valence-corrected chi connectivity index (χ2v) is 5.52. The summed E-state index contributed by atoms with van der Waals surface area (Å²) in [7, 11) is 1.74. The highest BCUT2D eigenvalue weighted by Crippen LogP contribution is 2.28. The lowest BCUT2D eigenvalue weighted by Gasteiger charge is -2.16. The van der Waals surface area contributed by atoms with E-state index in [-0.39, 0.29) is 23.7 Å². The summed E-state index contributed by atoms with van der Waals surface area (Å²) in [5, 5.41) is 13.1. The zero-order valence-corrected chi connectivity index (χ0v) is 11.3. The van der Waals surface area contributed by atoms with Crippen LogP contribution in [0, 0.1) is 5.92 Å². The standard InChI is InChI=1S/C11H18N4O2S/c1-6(16)7-3-4-15(5-7)10(17)8-9(12)14-11(13-2)18-8/h6-7,16H,3-5,12H2,1-2H3,(H,13,14). The number of nitrogens with zero attached hydrogens (tertiary/aromatic N) is 2. The fourth-order valence-corrected chi connectivity index (χ4v) is 2.91. The first kappa shape index (κ1) is 13.1. The van der Waals surface area contributed by atoms with E-state index in [1.165, 1.54) is 11.3 Å². The van der Waals surface area contributed by atoms with E-state index < -0.39 is 0 Å². The van der Waals surface area contributed by atoms with Crippen molar-refractivity contribution < 1.29 is 9.90 Å². The van der Waals surface area contributed by atoms with Crippen molar-refractivity contribution in [1.82, 2.24) is 9.88 Å². The average molecular weight is 270 g/mol. The van der Waals surface area contributed by atoms with Gasteiger partial charge in [-0.05, 0) is 13.3 Å². The second-order valence-electron chi connectivity index (χ2n) is 4.52. The molecule has 0 radical (unpaired) electrons. The van der Waals surface area contributed by atoms with E-state index in [0.717, 1.165) is 6.42 Å². The molecule has 1 fully saturated rings. The maximum atomic E-state index is 12.3. The number of aromatic nitrogens is 1. The van der Waals surface area contributed by atoms with Crippen LogP contribution in [0.25, 0.3) is 0 Å². The number of hydrogen-bond donors (Lipinski definition) is 3. The Morgan fingerprint density at radius 3 is 2.94 bits per heavy atom. The fraction of sp³-hybridized carbons (Fsp3) is 0.636. The third-order valence-electron chi connectivity index (χ3n) is 3.26. The molecule has 0 bridgehead atoms. The Balaban J connectivity index is 2.10. The second kappa shape index (κ2) is 5.11. The van der Waals surface area contributed by atoms with Gasteiger partial charge in [0.25, 0.3) is 5.91 Å². The number of hydrogen-bond acceptors (Lipinski definition) is 6. The molecule has 0 aromatic carbocycles. The van der Waals surface area contributed by atoms with Crippen molar-refractivity contribution in [3.05, 3.63) is 4.88 Å². The number of thiazole rings is 1. The van der Waals surface area contributed by atoms with E-state index >= 15 is 0 Å². The van der Waals surface area contributed by atoms with Gasteiger partial charge in [0.2, 0.25) is 0 Å². The van der Waals surface area contributed by atoms with Gasteiger partial charge in [-0.3, -0.25) is 4.79 Å². The van der Waals surface area contributed by atoms with E-state index in [2.05, 4.69) is 10.3 Å². The molecule has 0 saturated carbocycles. The third kappa shape index (κ3) is 2.41. The lowest BCUT2D eigenvalue weighted by atomic mass is 10.0. The van der Waals surface area contributed by atoms with Gasteiger partial charge in [-0.25, -0.2) is 4.98 Å². The molecule has 1 aromatic heterocycles. The van der Waals surface area contributed by atoms with Crippen molar-refractivity contribution in [2.24, 2.45) is 5.92 Å². The Kier molecular flexibility index (Phi) is 3.72. The topological polar surface area (TPSA) is 91.5 Å². The first-order valence-electron chi connectivity index (χ1n) is 5.94. The lowest BCUT2D eigenvalue weighted by molar-refractivity contribution is 0.0768. The molecule has 18 heavy (non-hydrogen) atoms. The van der Waals surface area contributed by atoms with E-state index in [9.17, 15) is 9.90 Å². The van der Waals surface area contributed by atoms with Crippen molar-refractivity contribution in [2.75, 3.05) is 31.2 Å². The van der Waals surface area contributed by atoms with Gasteiger partial charge in [0.1, 0.15) is 10.7 Å². The van der Waals surface area contributed by atoms with E-state index in [1.807, 2.05) is 0 Å². The number of nitrogens with two attached hydrogens (primary N) is 1. The third-order valence-corrected chi connectivity index (χ3v) is 4.33. The van der Waals surface area contributed by atoms with Crippen LogP contribution in [-0.2, 0) is 0 Å². The number of nitrogens with one attached hydrogen (secondary N) is 1. The Hall–Kier alpha value is -1.34. The molecule has 1 aliphatic rings. The molecule has 4 N–H and O–H groups in total. The number of anilines is 2. The number of nitrogen functional groups attached to an aromatic ring is 1. The highest BCUT2D eigenvalue weighted by molar-refractivity contribution is 7.18. The van der Waals surface area contributed by atoms with Crippen LogP contribution >= 0.6 is 11.3 Å². The molecule has 100 valence electrons. The minimum absolute atomic E-state index is 0.0883. The highest BCUT2D eigenvalue weighted by Gasteiger charge is 2.31. The van der Waals surface area contributed by atoms with Crippen molar-refractivity contribution >= 4 is 28.2 Å². The van der Waals surface area contributed by atoms with Gasteiger partial charge in [-0.2, -0.15) is 0 Å². The average Bonchev–Trinajstić information content (AvgIpc) is 2.94. The van der Waals surface area contributed by atoms with Gasteiger partial charge < -0.3 is 21.1 Å². The van der Waals surface area contributed by atoms with Crippen LogP contribution in [0.15, 0.2) is 0 Å². The van der Waals surface area contributed by atoms with Crippen molar-refractivity contribution in [3.8, 4) is 0 Å². The largest absolute Gasteiger partial charge is 0.393 e. The van der Waals surface area contributed by atoms with Crippen LogP contribution in [0.2, 0.25) is 0 Å². The molecule has 0 spiro atoms. The van der Waals surface area contributed by atoms with E-state index in [0.29, 0.717) is 23.1 Å². The van der Waals surface area contributed by atoms with Gasteiger partial charge in [-0.1, -0.05) is 11.3 Å². The van der Waals surface area contributed by atoms with Crippen LogP contribution in [0.4, 0.5) is 10.9 Å². The maximum Gasteiger partial charge on any atom is 0.267 e. The molecular formula is C11H18N4O2S. The van der Waals surface area contributed by atoms with Crippen LogP contribution in [0.5, 0.6) is 0 Å². The molecule has 2 unspecified atom stereocenters. The minimum atomic E-state index is -0.380. The number of likely N-dealkylation sites (tertiary alicyclic amines) is 1. The number of aliphatic hydroxyl groups excluding tert-OH is 1. The molecule has 2 atom stereocenters. The predicted octanol–water partition coefficient (Wildman–Crippen LogP) is 0.610. The van der Waals surface area contributed by atoms with Crippen molar-refractivity contribution in [2.45, 2.75) is 19.4 Å². The lowest BCUT2D eigenvalue weighted by Crippen LogP contribution is -2.30. The zero-order chi connectivity index (χ0) is 13.3. The molecular weight excluding hydrogens is 252 g/mol. The summed E-state index contributed by atoms with van der Waals surface area (Å²) in [6, 6.07) is 0. The number of rotatable bonds is 3. The number of aliphatic hydroxyl groups is 1. The quantitative estimate of drug-likeness (QED) is 0.748. The summed E-state index contributed by atoms with van der Waals surface area (Å²) in [5.41, 5.74) is 5.74. The van der Waals surface area contributed by atoms with Gasteiger partial charge in [0.05, 0.1) is 6.10 Å². The van der Waals surface area contributed by atoms with Crippen LogP contribution in [-0.4, -0.2) is 47.1 Å². The summed E-state index contributed by atoms with van der Waals surface area (Å²) in [4.78, 5) is 18.6. The van der Waals surface area contributed by atoms with Crippen LogP contribution in [0.3, 0.4) is 0 Å². The Morgan fingerprint density at radius 2 is 2.44 bits per heavy atom. The van der Waals surface area contributed by atoms with Gasteiger partial charge in [0, 0.05) is 26.1 Å². The summed E-state index contributed by atoms with van der Waals surface area (Å²) >= 11 is 1.26. The highest BCUT2D eigenvalue weighted by atomic mass is 32.1. The minimum Gasteiger partial charge on any atom is -0.393 e. The van der Waals surface area contributed by atoms with Crippen molar-refractivity contribution in [1.29, 1.82) is 0 Å². The predicted molar refractivity (Wildman–Crippen MR) is 71.8 cm³/mol. The van der Waals surface area contributed by atoms with E-state index in [1.54, 1.807) is 18.9 Å². The molecule has 2 rings (SSSR count). The molecule has 1 aliphatic heterocycles. The normalized spacial score (nSPS) is 21.1. The molecule has 1 aromatic rings. The first-order chi connectivity index (χ1) is 8.52.